The Labute approximate surface area is 132 Å². The van der Waals surface area contributed by atoms with Crippen molar-refractivity contribution in [2.24, 2.45) is 0 Å². The lowest BCUT2D eigenvalue weighted by atomic mass is 10.1. The molecular formula is C16H16FN3O3. The van der Waals surface area contributed by atoms with E-state index < -0.39 is 23.8 Å². The molecule has 1 aromatic carbocycles. The summed E-state index contributed by atoms with van der Waals surface area (Å²) < 4.78 is 13.9. The highest BCUT2D eigenvalue weighted by atomic mass is 19.1. The van der Waals surface area contributed by atoms with Crippen LogP contribution < -0.4 is 4.90 Å². The van der Waals surface area contributed by atoms with Crippen LogP contribution >= 0.6 is 0 Å². The summed E-state index contributed by atoms with van der Waals surface area (Å²) in [6.07, 6.45) is 1.81. The number of fused-ring (bicyclic) bond motifs is 1. The second kappa shape index (κ2) is 5.04. The summed E-state index contributed by atoms with van der Waals surface area (Å²) in [5.41, 5.74) is 0.194. The molecule has 7 heteroatoms. The average molecular weight is 317 g/mol. The van der Waals surface area contributed by atoms with Crippen molar-refractivity contribution in [3.05, 3.63) is 30.1 Å². The van der Waals surface area contributed by atoms with Crippen LogP contribution in [0.15, 0.2) is 24.3 Å². The van der Waals surface area contributed by atoms with Gasteiger partial charge in [-0.2, -0.15) is 0 Å². The Morgan fingerprint density at radius 3 is 2.48 bits per heavy atom. The zero-order valence-electron chi connectivity index (χ0n) is 12.4. The largest absolute Gasteiger partial charge is 0.328 e. The highest BCUT2D eigenvalue weighted by Crippen LogP contribution is 2.33. The van der Waals surface area contributed by atoms with E-state index in [0.29, 0.717) is 25.9 Å². The Morgan fingerprint density at radius 1 is 0.957 bits per heavy atom. The third-order valence-electron chi connectivity index (χ3n) is 4.86. The molecule has 120 valence electrons. The number of imide groups is 1. The number of anilines is 1. The van der Waals surface area contributed by atoms with E-state index in [1.165, 1.54) is 17.0 Å². The van der Waals surface area contributed by atoms with E-state index in [0.717, 1.165) is 11.3 Å². The topological polar surface area (TPSA) is 60.9 Å². The van der Waals surface area contributed by atoms with Crippen molar-refractivity contribution in [1.29, 1.82) is 0 Å². The summed E-state index contributed by atoms with van der Waals surface area (Å²) in [7, 11) is 0. The zero-order chi connectivity index (χ0) is 16.1. The quantitative estimate of drug-likeness (QED) is 0.774. The van der Waals surface area contributed by atoms with Gasteiger partial charge in [0.2, 0.25) is 0 Å². The Morgan fingerprint density at radius 2 is 1.74 bits per heavy atom. The van der Waals surface area contributed by atoms with Gasteiger partial charge in [0.05, 0.1) is 5.69 Å². The number of hydrogen-bond donors (Lipinski definition) is 0. The van der Waals surface area contributed by atoms with Gasteiger partial charge in [-0.3, -0.25) is 9.59 Å². The maximum absolute atomic E-state index is 13.9. The predicted molar refractivity (Wildman–Crippen MR) is 79.1 cm³/mol. The van der Waals surface area contributed by atoms with Crippen LogP contribution in [0.5, 0.6) is 0 Å². The lowest BCUT2D eigenvalue weighted by Gasteiger charge is -2.22. The minimum atomic E-state index is -0.819. The highest BCUT2D eigenvalue weighted by Gasteiger charge is 2.53. The second-order valence-corrected chi connectivity index (χ2v) is 6.09. The Bertz CT molecular complexity index is 686. The molecule has 2 atom stereocenters. The van der Waals surface area contributed by atoms with Crippen molar-refractivity contribution >= 4 is 23.5 Å². The van der Waals surface area contributed by atoms with Gasteiger partial charge in [-0.25, -0.2) is 14.1 Å². The van der Waals surface area contributed by atoms with Crippen LogP contribution in [0.1, 0.15) is 19.3 Å². The van der Waals surface area contributed by atoms with Crippen molar-refractivity contribution in [1.82, 2.24) is 9.80 Å². The summed E-state index contributed by atoms with van der Waals surface area (Å²) in [4.78, 5) is 41.5. The number of nitrogens with zero attached hydrogens (tertiary/aromatic N) is 3. The predicted octanol–water partition coefficient (Wildman–Crippen LogP) is 1.36. The summed E-state index contributed by atoms with van der Waals surface area (Å²) in [6, 6.07) is 4.41. The van der Waals surface area contributed by atoms with Gasteiger partial charge in [-0.15, -0.1) is 0 Å². The van der Waals surface area contributed by atoms with Crippen molar-refractivity contribution in [3.8, 4) is 0 Å². The van der Waals surface area contributed by atoms with Crippen molar-refractivity contribution in [3.63, 3.8) is 0 Å². The fourth-order valence-corrected chi connectivity index (χ4v) is 3.75. The number of halogens is 1. The first-order valence-corrected chi connectivity index (χ1v) is 7.79. The molecule has 0 spiro atoms. The Kier molecular flexibility index (Phi) is 3.11. The summed E-state index contributed by atoms with van der Waals surface area (Å²) in [5, 5.41) is 0. The van der Waals surface area contributed by atoms with Crippen LogP contribution in [-0.4, -0.2) is 52.8 Å². The monoisotopic (exact) mass is 317 g/mol. The lowest BCUT2D eigenvalue weighted by molar-refractivity contribution is -0.133. The number of urea groups is 1. The van der Waals surface area contributed by atoms with E-state index in [-0.39, 0.29) is 17.6 Å². The van der Waals surface area contributed by atoms with E-state index in [4.69, 9.17) is 0 Å². The third kappa shape index (κ3) is 1.95. The molecule has 1 aromatic rings. The van der Waals surface area contributed by atoms with Gasteiger partial charge in [-0.05, 0) is 31.4 Å². The second-order valence-electron chi connectivity index (χ2n) is 6.09. The maximum atomic E-state index is 13.9. The van der Waals surface area contributed by atoms with Crippen LogP contribution in [-0.2, 0) is 9.59 Å². The van der Waals surface area contributed by atoms with Crippen molar-refractivity contribution in [2.45, 2.75) is 31.3 Å². The normalized spacial score (nSPS) is 27.3. The van der Waals surface area contributed by atoms with Gasteiger partial charge in [0.15, 0.2) is 0 Å². The van der Waals surface area contributed by atoms with Crippen molar-refractivity contribution in [2.75, 3.05) is 18.0 Å². The van der Waals surface area contributed by atoms with Gasteiger partial charge in [0.25, 0.3) is 11.8 Å². The molecule has 3 aliphatic rings. The number of para-hydroxylation sites is 1. The highest BCUT2D eigenvalue weighted by molar-refractivity contribution is 6.10. The van der Waals surface area contributed by atoms with Crippen LogP contribution in [0.2, 0.25) is 0 Å². The molecule has 0 radical (unpaired) electrons. The van der Waals surface area contributed by atoms with Gasteiger partial charge in [0, 0.05) is 13.1 Å². The smallest absolute Gasteiger partial charge is 0.312 e. The summed E-state index contributed by atoms with van der Waals surface area (Å²) in [6.45, 7) is 0.857. The molecule has 3 fully saturated rings. The first-order chi connectivity index (χ1) is 11.1. The SMILES string of the molecule is O=C1[C@H](N2C(=O)[C@@H]3CCCN3C2=O)CCN1c1ccccc1F. The Balaban J connectivity index is 1.60. The van der Waals surface area contributed by atoms with E-state index in [1.54, 1.807) is 17.0 Å². The standard InChI is InChI=1S/C16H16FN3O3/c17-10-4-1-2-5-11(10)18-9-7-13(14(18)21)20-15(22)12-6-3-8-19(12)16(20)23/h1-2,4-5,12-13H,3,6-9H2/t12-,13+/m0/s1. The number of benzene rings is 1. The zero-order valence-corrected chi connectivity index (χ0v) is 12.4. The van der Waals surface area contributed by atoms with E-state index in [9.17, 15) is 18.8 Å². The number of carbonyl (C=O) groups is 3. The molecule has 3 aliphatic heterocycles. The lowest BCUT2D eigenvalue weighted by Crippen LogP contribution is -2.46. The first-order valence-electron chi connectivity index (χ1n) is 7.79. The van der Waals surface area contributed by atoms with E-state index in [1.807, 2.05) is 0 Å². The minimum absolute atomic E-state index is 0.194. The van der Waals surface area contributed by atoms with Crippen molar-refractivity contribution < 1.29 is 18.8 Å². The van der Waals surface area contributed by atoms with Gasteiger partial charge >= 0.3 is 6.03 Å². The van der Waals surface area contributed by atoms with E-state index in [2.05, 4.69) is 0 Å². The van der Waals surface area contributed by atoms with Crippen LogP contribution in [0.4, 0.5) is 14.9 Å². The van der Waals surface area contributed by atoms with Gasteiger partial charge in [0.1, 0.15) is 17.9 Å². The van der Waals surface area contributed by atoms with Gasteiger partial charge in [-0.1, -0.05) is 12.1 Å². The first kappa shape index (κ1) is 14.2. The third-order valence-corrected chi connectivity index (χ3v) is 4.86. The molecule has 4 rings (SSSR count). The molecule has 3 heterocycles. The molecule has 0 unspecified atom stereocenters. The molecule has 4 amide bonds. The molecule has 3 saturated heterocycles. The van der Waals surface area contributed by atoms with Gasteiger partial charge < -0.3 is 9.80 Å². The molecule has 6 nitrogen and oxygen atoms in total. The number of amides is 4. The summed E-state index contributed by atoms with van der Waals surface area (Å²) >= 11 is 0. The molecule has 0 aromatic heterocycles. The molecule has 23 heavy (non-hydrogen) atoms. The average Bonchev–Trinajstić information content (AvgIpc) is 3.20. The fraction of sp³-hybridized carbons (Fsp3) is 0.438. The maximum Gasteiger partial charge on any atom is 0.328 e. The van der Waals surface area contributed by atoms with Crippen LogP contribution in [0.3, 0.4) is 0 Å². The molecule has 0 N–H and O–H groups in total. The number of rotatable bonds is 2. The van der Waals surface area contributed by atoms with Crippen LogP contribution in [0, 0.1) is 5.82 Å². The fourth-order valence-electron chi connectivity index (χ4n) is 3.75. The van der Waals surface area contributed by atoms with Crippen LogP contribution in [0.25, 0.3) is 0 Å². The van der Waals surface area contributed by atoms with E-state index >= 15 is 0 Å². The molecule has 0 saturated carbocycles. The Hall–Kier alpha value is -2.44. The number of hydrogen-bond acceptors (Lipinski definition) is 3. The number of carbonyl (C=O) groups excluding carboxylic acids is 3. The minimum Gasteiger partial charge on any atom is -0.312 e. The molecule has 0 aliphatic carbocycles. The molecule has 0 bridgehead atoms. The summed E-state index contributed by atoms with van der Waals surface area (Å²) in [5.74, 6) is -1.17. The molecular weight excluding hydrogens is 301 g/mol.